The Bertz CT molecular complexity index is 600. The van der Waals surface area contributed by atoms with Crippen molar-refractivity contribution in [3.63, 3.8) is 0 Å². The summed E-state index contributed by atoms with van der Waals surface area (Å²) in [5.41, 5.74) is 0.776. The minimum atomic E-state index is -0.256. The van der Waals surface area contributed by atoms with Gasteiger partial charge < -0.3 is 10.6 Å². The van der Waals surface area contributed by atoms with E-state index in [0.717, 1.165) is 5.56 Å². The van der Waals surface area contributed by atoms with E-state index in [2.05, 4.69) is 15.2 Å². The lowest BCUT2D eigenvalue weighted by molar-refractivity contribution is -0.137. The van der Waals surface area contributed by atoms with Crippen LogP contribution in [0.15, 0.2) is 29.7 Å². The summed E-state index contributed by atoms with van der Waals surface area (Å²) < 4.78 is 6.27. The second kappa shape index (κ2) is 4.88. The Kier molecular flexibility index (Phi) is 3.08. The zero-order chi connectivity index (χ0) is 13.2. The molecule has 2 aromatic rings. The first-order valence-electron chi connectivity index (χ1n) is 5.70. The number of thioether (sulfide) groups is 1. The van der Waals surface area contributed by atoms with Crippen LogP contribution in [-0.2, 0) is 9.53 Å². The summed E-state index contributed by atoms with van der Waals surface area (Å²) in [6.07, 6.45) is 4.00. The van der Waals surface area contributed by atoms with Gasteiger partial charge in [0.05, 0.1) is 6.61 Å². The molecule has 1 saturated heterocycles. The van der Waals surface area contributed by atoms with E-state index in [1.807, 2.05) is 6.07 Å². The standard InChI is InChI=1S/C11H11N5O2S/c12-16-9(7-2-1-4-13-6-7)14-15-11(16)19-8-3-5-18-10(8)17/h1-2,4,6,8H,3,5,12H2/t8-/m0/s1. The summed E-state index contributed by atoms with van der Waals surface area (Å²) in [5.74, 6) is 6.24. The van der Waals surface area contributed by atoms with Crippen molar-refractivity contribution in [2.45, 2.75) is 16.8 Å². The molecule has 98 valence electrons. The summed E-state index contributed by atoms with van der Waals surface area (Å²) in [6.45, 7) is 0.449. The van der Waals surface area contributed by atoms with Crippen molar-refractivity contribution in [2.24, 2.45) is 0 Å². The molecule has 0 bridgehead atoms. The lowest BCUT2D eigenvalue weighted by Gasteiger charge is -2.05. The van der Waals surface area contributed by atoms with Gasteiger partial charge in [0, 0.05) is 24.4 Å². The van der Waals surface area contributed by atoms with Crippen molar-refractivity contribution in [1.29, 1.82) is 0 Å². The molecule has 0 saturated carbocycles. The van der Waals surface area contributed by atoms with Crippen LogP contribution >= 0.6 is 11.8 Å². The van der Waals surface area contributed by atoms with Crippen LogP contribution in [0.1, 0.15) is 6.42 Å². The molecule has 3 rings (SSSR count). The van der Waals surface area contributed by atoms with Gasteiger partial charge >= 0.3 is 5.97 Å². The fourth-order valence-corrected chi connectivity index (χ4v) is 2.68. The van der Waals surface area contributed by atoms with E-state index in [4.69, 9.17) is 10.6 Å². The maximum atomic E-state index is 11.4. The van der Waals surface area contributed by atoms with E-state index in [0.29, 0.717) is 24.0 Å². The molecule has 0 amide bonds. The van der Waals surface area contributed by atoms with Gasteiger partial charge in [-0.25, -0.2) is 4.68 Å². The molecular formula is C11H11N5O2S. The highest BCUT2D eigenvalue weighted by atomic mass is 32.2. The molecule has 8 heteroatoms. The first-order valence-corrected chi connectivity index (χ1v) is 6.58. The zero-order valence-electron chi connectivity index (χ0n) is 9.89. The van der Waals surface area contributed by atoms with E-state index < -0.39 is 0 Å². The average molecular weight is 277 g/mol. The van der Waals surface area contributed by atoms with Gasteiger partial charge in [-0.15, -0.1) is 10.2 Å². The summed E-state index contributed by atoms with van der Waals surface area (Å²) in [7, 11) is 0. The lowest BCUT2D eigenvalue weighted by atomic mass is 10.3. The quantitative estimate of drug-likeness (QED) is 0.643. The van der Waals surface area contributed by atoms with Gasteiger partial charge in [-0.3, -0.25) is 9.78 Å². The summed E-state index contributed by atoms with van der Waals surface area (Å²) >= 11 is 1.27. The molecule has 0 aromatic carbocycles. The Labute approximate surface area is 113 Å². The molecule has 3 heterocycles. The van der Waals surface area contributed by atoms with E-state index >= 15 is 0 Å². The number of rotatable bonds is 3. The average Bonchev–Trinajstić information content (AvgIpc) is 2.99. The minimum Gasteiger partial charge on any atom is -0.465 e. The number of nitrogen functional groups attached to an aromatic ring is 1. The smallest absolute Gasteiger partial charge is 0.319 e. The molecule has 1 aliphatic rings. The normalized spacial score (nSPS) is 18.5. The number of hydrogen-bond acceptors (Lipinski definition) is 7. The van der Waals surface area contributed by atoms with Gasteiger partial charge in [0.2, 0.25) is 5.16 Å². The van der Waals surface area contributed by atoms with E-state index in [1.54, 1.807) is 18.5 Å². The maximum Gasteiger partial charge on any atom is 0.319 e. The second-order valence-electron chi connectivity index (χ2n) is 3.98. The van der Waals surface area contributed by atoms with Crippen LogP contribution in [-0.4, -0.2) is 37.7 Å². The number of aromatic nitrogens is 4. The molecule has 1 atom stereocenters. The first kappa shape index (κ1) is 12.0. The van der Waals surface area contributed by atoms with Crippen LogP contribution in [0.4, 0.5) is 0 Å². The molecule has 0 spiro atoms. The number of carbonyl (C=O) groups is 1. The maximum absolute atomic E-state index is 11.4. The Hall–Kier alpha value is -2.09. The molecule has 1 aliphatic heterocycles. The van der Waals surface area contributed by atoms with Gasteiger partial charge in [-0.05, 0) is 12.1 Å². The van der Waals surface area contributed by atoms with Crippen LogP contribution in [0.3, 0.4) is 0 Å². The van der Waals surface area contributed by atoms with Gasteiger partial charge in [-0.1, -0.05) is 11.8 Å². The van der Waals surface area contributed by atoms with Crippen molar-refractivity contribution >= 4 is 17.7 Å². The highest BCUT2D eigenvalue weighted by Crippen LogP contribution is 2.29. The van der Waals surface area contributed by atoms with Gasteiger partial charge in [0.1, 0.15) is 5.25 Å². The highest BCUT2D eigenvalue weighted by Gasteiger charge is 2.29. The molecular weight excluding hydrogens is 266 g/mol. The number of pyridine rings is 1. The zero-order valence-corrected chi connectivity index (χ0v) is 10.7. The van der Waals surface area contributed by atoms with Crippen molar-refractivity contribution in [2.75, 3.05) is 12.4 Å². The molecule has 0 unspecified atom stereocenters. The van der Waals surface area contributed by atoms with Crippen molar-refractivity contribution in [3.05, 3.63) is 24.5 Å². The molecule has 0 aliphatic carbocycles. The molecule has 1 fully saturated rings. The minimum absolute atomic E-state index is 0.226. The van der Waals surface area contributed by atoms with Gasteiger partial charge in [-0.2, -0.15) is 0 Å². The van der Waals surface area contributed by atoms with Crippen molar-refractivity contribution in [3.8, 4) is 11.4 Å². The lowest BCUT2D eigenvalue weighted by Crippen LogP contribution is -2.15. The van der Waals surface area contributed by atoms with Crippen molar-refractivity contribution < 1.29 is 9.53 Å². The number of carbonyl (C=O) groups excluding carboxylic acids is 1. The van der Waals surface area contributed by atoms with Crippen LogP contribution in [0.5, 0.6) is 0 Å². The van der Waals surface area contributed by atoms with Crippen LogP contribution in [0.25, 0.3) is 11.4 Å². The van der Waals surface area contributed by atoms with Crippen LogP contribution < -0.4 is 5.84 Å². The third kappa shape index (κ3) is 2.26. The number of hydrogen-bond donors (Lipinski definition) is 1. The van der Waals surface area contributed by atoms with Crippen LogP contribution in [0, 0.1) is 0 Å². The van der Waals surface area contributed by atoms with Gasteiger partial charge in [0.15, 0.2) is 5.82 Å². The SMILES string of the molecule is Nn1c(S[C@H]2CCOC2=O)nnc1-c1cccnc1. The number of nitrogens with zero attached hydrogens (tertiary/aromatic N) is 4. The fourth-order valence-electron chi connectivity index (χ4n) is 1.76. The predicted octanol–water partition coefficient (Wildman–Crippen LogP) is 0.461. The first-order chi connectivity index (χ1) is 9.25. The van der Waals surface area contributed by atoms with Crippen LogP contribution in [0.2, 0.25) is 0 Å². The summed E-state index contributed by atoms with van der Waals surface area (Å²) in [6, 6.07) is 3.64. The Balaban J connectivity index is 1.85. The topological polar surface area (TPSA) is 95.9 Å². The molecule has 19 heavy (non-hydrogen) atoms. The Morgan fingerprint density at radius 1 is 1.47 bits per heavy atom. The monoisotopic (exact) mass is 277 g/mol. The number of ether oxygens (including phenoxy) is 1. The number of esters is 1. The van der Waals surface area contributed by atoms with E-state index in [1.165, 1.54) is 16.4 Å². The predicted molar refractivity (Wildman–Crippen MR) is 68.6 cm³/mol. The Morgan fingerprint density at radius 3 is 3.05 bits per heavy atom. The largest absolute Gasteiger partial charge is 0.465 e. The second-order valence-corrected chi connectivity index (χ2v) is 5.15. The molecule has 2 aromatic heterocycles. The fraction of sp³-hybridized carbons (Fsp3) is 0.273. The third-order valence-electron chi connectivity index (χ3n) is 2.72. The summed E-state index contributed by atoms with van der Waals surface area (Å²) in [5, 5.41) is 8.27. The summed E-state index contributed by atoms with van der Waals surface area (Å²) in [4.78, 5) is 15.4. The van der Waals surface area contributed by atoms with Crippen molar-refractivity contribution in [1.82, 2.24) is 19.9 Å². The number of cyclic esters (lactones) is 1. The molecule has 0 radical (unpaired) electrons. The Morgan fingerprint density at radius 2 is 2.37 bits per heavy atom. The highest BCUT2D eigenvalue weighted by molar-refractivity contribution is 8.00. The van der Waals surface area contributed by atoms with Gasteiger partial charge in [0.25, 0.3) is 0 Å². The van der Waals surface area contributed by atoms with E-state index in [9.17, 15) is 4.79 Å². The molecule has 2 N–H and O–H groups in total. The molecule has 7 nitrogen and oxygen atoms in total. The van der Waals surface area contributed by atoms with E-state index in [-0.39, 0.29) is 11.2 Å². The third-order valence-corrected chi connectivity index (χ3v) is 3.92. The number of nitrogens with two attached hydrogens (primary N) is 1.